The topological polar surface area (TPSA) is 21.3 Å². The summed E-state index contributed by atoms with van der Waals surface area (Å²) in [6.45, 7) is 11.8. The molecular weight excluding hydrogens is 234 g/mol. The van der Waals surface area contributed by atoms with Gasteiger partial charge in [-0.15, -0.1) is 0 Å². The monoisotopic (exact) mass is 261 g/mol. The van der Waals surface area contributed by atoms with E-state index in [-0.39, 0.29) is 11.0 Å². The Balaban J connectivity index is 1.93. The van der Waals surface area contributed by atoms with E-state index in [2.05, 4.69) is 57.3 Å². The Labute approximate surface area is 117 Å². The summed E-state index contributed by atoms with van der Waals surface area (Å²) < 4.78 is 5.43. The first-order valence-electron chi connectivity index (χ1n) is 7.31. The van der Waals surface area contributed by atoms with Crippen molar-refractivity contribution < 1.29 is 4.74 Å². The van der Waals surface area contributed by atoms with Crippen molar-refractivity contribution in [1.82, 2.24) is 5.32 Å². The van der Waals surface area contributed by atoms with E-state index >= 15 is 0 Å². The zero-order chi connectivity index (χ0) is 13.9. The van der Waals surface area contributed by atoms with Crippen LogP contribution in [0.15, 0.2) is 24.3 Å². The van der Waals surface area contributed by atoms with E-state index in [0.29, 0.717) is 0 Å². The van der Waals surface area contributed by atoms with Gasteiger partial charge in [0.1, 0.15) is 0 Å². The number of nitrogens with one attached hydrogen (secondary N) is 1. The van der Waals surface area contributed by atoms with E-state index in [9.17, 15) is 0 Å². The van der Waals surface area contributed by atoms with Crippen molar-refractivity contribution in [2.45, 2.75) is 58.0 Å². The van der Waals surface area contributed by atoms with Gasteiger partial charge in [-0.2, -0.15) is 0 Å². The molecule has 1 saturated heterocycles. The highest BCUT2D eigenvalue weighted by molar-refractivity contribution is 5.27. The molecule has 0 aliphatic carbocycles. The van der Waals surface area contributed by atoms with Crippen LogP contribution >= 0.6 is 0 Å². The van der Waals surface area contributed by atoms with Gasteiger partial charge in [0.2, 0.25) is 0 Å². The standard InChI is InChI=1S/C17H27NO/c1-16(2,3)15-7-5-14(6-8-15)13-18-17(4)9-11-19-12-10-17/h5-8,18H,9-13H2,1-4H3. The molecule has 2 heteroatoms. The molecule has 0 unspecified atom stereocenters. The Kier molecular flexibility index (Phi) is 4.32. The Morgan fingerprint density at radius 2 is 1.68 bits per heavy atom. The van der Waals surface area contributed by atoms with Crippen LogP contribution < -0.4 is 5.32 Å². The Hall–Kier alpha value is -0.860. The highest BCUT2D eigenvalue weighted by Gasteiger charge is 2.26. The van der Waals surface area contributed by atoms with Gasteiger partial charge in [-0.25, -0.2) is 0 Å². The molecule has 1 aliphatic heterocycles. The molecule has 0 radical (unpaired) electrons. The van der Waals surface area contributed by atoms with Gasteiger partial charge >= 0.3 is 0 Å². The summed E-state index contributed by atoms with van der Waals surface area (Å²) in [7, 11) is 0. The number of rotatable bonds is 3. The second-order valence-electron chi connectivity index (χ2n) is 6.97. The molecule has 0 spiro atoms. The van der Waals surface area contributed by atoms with Crippen LogP contribution in [0.2, 0.25) is 0 Å². The molecular formula is C17H27NO. The van der Waals surface area contributed by atoms with Crippen LogP contribution in [0.25, 0.3) is 0 Å². The maximum Gasteiger partial charge on any atom is 0.0483 e. The molecule has 1 aromatic carbocycles. The summed E-state index contributed by atoms with van der Waals surface area (Å²) in [4.78, 5) is 0. The summed E-state index contributed by atoms with van der Waals surface area (Å²) in [5.74, 6) is 0. The summed E-state index contributed by atoms with van der Waals surface area (Å²) >= 11 is 0. The first kappa shape index (κ1) is 14.5. The minimum absolute atomic E-state index is 0.235. The Morgan fingerprint density at radius 1 is 1.11 bits per heavy atom. The minimum Gasteiger partial charge on any atom is -0.381 e. The number of ether oxygens (including phenoxy) is 1. The lowest BCUT2D eigenvalue weighted by Gasteiger charge is -2.34. The fourth-order valence-electron chi connectivity index (χ4n) is 2.44. The van der Waals surface area contributed by atoms with E-state index in [0.717, 1.165) is 32.6 Å². The number of benzene rings is 1. The van der Waals surface area contributed by atoms with E-state index in [1.807, 2.05) is 0 Å². The molecule has 0 atom stereocenters. The second kappa shape index (κ2) is 5.64. The summed E-state index contributed by atoms with van der Waals surface area (Å²) in [6, 6.07) is 9.00. The fourth-order valence-corrected chi connectivity index (χ4v) is 2.44. The van der Waals surface area contributed by atoms with Crippen LogP contribution in [0.5, 0.6) is 0 Å². The van der Waals surface area contributed by atoms with Gasteiger partial charge in [0.15, 0.2) is 0 Å². The first-order valence-corrected chi connectivity index (χ1v) is 7.31. The smallest absolute Gasteiger partial charge is 0.0483 e. The maximum atomic E-state index is 5.43. The van der Waals surface area contributed by atoms with Crippen molar-refractivity contribution in [2.75, 3.05) is 13.2 Å². The third kappa shape index (κ3) is 4.05. The lowest BCUT2D eigenvalue weighted by atomic mass is 9.86. The van der Waals surface area contributed by atoms with Crippen LogP contribution in [0.3, 0.4) is 0 Å². The average Bonchev–Trinajstić information content (AvgIpc) is 2.37. The largest absolute Gasteiger partial charge is 0.381 e. The lowest BCUT2D eigenvalue weighted by Crippen LogP contribution is -2.46. The Bertz CT molecular complexity index is 396. The van der Waals surface area contributed by atoms with Crippen molar-refractivity contribution in [2.24, 2.45) is 0 Å². The van der Waals surface area contributed by atoms with Crippen LogP contribution in [-0.4, -0.2) is 18.8 Å². The van der Waals surface area contributed by atoms with Crippen LogP contribution in [0, 0.1) is 0 Å². The van der Waals surface area contributed by atoms with Gasteiger partial charge in [0.05, 0.1) is 0 Å². The fraction of sp³-hybridized carbons (Fsp3) is 0.647. The molecule has 106 valence electrons. The van der Waals surface area contributed by atoms with Gasteiger partial charge in [-0.1, -0.05) is 45.0 Å². The van der Waals surface area contributed by atoms with Gasteiger partial charge in [-0.05, 0) is 36.3 Å². The molecule has 19 heavy (non-hydrogen) atoms. The van der Waals surface area contributed by atoms with Crippen molar-refractivity contribution in [3.63, 3.8) is 0 Å². The predicted molar refractivity (Wildman–Crippen MR) is 80.4 cm³/mol. The minimum atomic E-state index is 0.235. The van der Waals surface area contributed by atoms with E-state index in [1.165, 1.54) is 11.1 Å². The van der Waals surface area contributed by atoms with E-state index in [1.54, 1.807) is 0 Å². The number of hydrogen-bond donors (Lipinski definition) is 1. The highest BCUT2D eigenvalue weighted by Crippen LogP contribution is 2.23. The van der Waals surface area contributed by atoms with E-state index in [4.69, 9.17) is 4.74 Å². The van der Waals surface area contributed by atoms with Gasteiger partial charge in [0, 0.05) is 25.3 Å². The number of hydrogen-bond acceptors (Lipinski definition) is 2. The molecule has 2 rings (SSSR count). The molecule has 1 N–H and O–H groups in total. The van der Waals surface area contributed by atoms with Crippen molar-refractivity contribution in [1.29, 1.82) is 0 Å². The van der Waals surface area contributed by atoms with Crippen molar-refractivity contribution >= 4 is 0 Å². The lowest BCUT2D eigenvalue weighted by molar-refractivity contribution is 0.0446. The average molecular weight is 261 g/mol. The van der Waals surface area contributed by atoms with Crippen molar-refractivity contribution in [3.05, 3.63) is 35.4 Å². The van der Waals surface area contributed by atoms with Gasteiger partial charge in [-0.3, -0.25) is 0 Å². The van der Waals surface area contributed by atoms with E-state index < -0.39 is 0 Å². The van der Waals surface area contributed by atoms with Crippen LogP contribution in [0.1, 0.15) is 51.7 Å². The molecule has 1 heterocycles. The summed E-state index contributed by atoms with van der Waals surface area (Å²) in [6.07, 6.45) is 2.21. The van der Waals surface area contributed by atoms with Crippen molar-refractivity contribution in [3.8, 4) is 0 Å². The second-order valence-corrected chi connectivity index (χ2v) is 6.97. The molecule has 0 bridgehead atoms. The molecule has 1 aromatic rings. The molecule has 0 amide bonds. The zero-order valence-electron chi connectivity index (χ0n) is 12.8. The third-order valence-corrected chi connectivity index (χ3v) is 4.14. The first-order chi connectivity index (χ1) is 8.89. The summed E-state index contributed by atoms with van der Waals surface area (Å²) in [5, 5.41) is 3.69. The molecule has 0 saturated carbocycles. The SMILES string of the molecule is CC1(NCc2ccc(C(C)(C)C)cc2)CCOCC1. The third-order valence-electron chi connectivity index (χ3n) is 4.14. The quantitative estimate of drug-likeness (QED) is 0.897. The van der Waals surface area contributed by atoms with Gasteiger partial charge < -0.3 is 10.1 Å². The normalized spacial score (nSPS) is 19.4. The predicted octanol–water partition coefficient (Wildman–Crippen LogP) is 3.64. The van der Waals surface area contributed by atoms with Crippen LogP contribution in [0.4, 0.5) is 0 Å². The van der Waals surface area contributed by atoms with Crippen LogP contribution in [-0.2, 0) is 16.7 Å². The molecule has 1 fully saturated rings. The summed E-state index contributed by atoms with van der Waals surface area (Å²) in [5.41, 5.74) is 3.23. The Morgan fingerprint density at radius 3 is 2.21 bits per heavy atom. The maximum absolute atomic E-state index is 5.43. The highest BCUT2D eigenvalue weighted by atomic mass is 16.5. The van der Waals surface area contributed by atoms with Gasteiger partial charge in [0.25, 0.3) is 0 Å². The zero-order valence-corrected chi connectivity index (χ0v) is 12.8. The molecule has 1 aliphatic rings. The molecule has 2 nitrogen and oxygen atoms in total. The molecule has 0 aromatic heterocycles.